The van der Waals surface area contributed by atoms with Crippen LogP contribution >= 0.6 is 0 Å². The maximum absolute atomic E-state index is 5.69. The minimum absolute atomic E-state index is 0.265. The first-order chi connectivity index (χ1) is 14.1. The zero-order chi connectivity index (χ0) is 21.1. The quantitative estimate of drug-likeness (QED) is 0.440. The van der Waals surface area contributed by atoms with Crippen LogP contribution in [0.2, 0.25) is 0 Å². The van der Waals surface area contributed by atoms with Crippen LogP contribution in [-0.4, -0.2) is 49.5 Å². The number of rotatable bonds is 11. The lowest BCUT2D eigenvalue weighted by molar-refractivity contribution is 0.287. The standard InChI is InChI=1S/C21H33N5O3/c1-6-27-17-9-8-16(14-18(17)28-7-2)10-12-23-21(22-5)24-13-11-19-25-20(15(3)4)26-29-19/h8-9,14-15H,6-7,10-13H2,1-5H3,(H2,22,23,24). The van der Waals surface area contributed by atoms with Crippen LogP contribution in [0.3, 0.4) is 0 Å². The van der Waals surface area contributed by atoms with E-state index in [4.69, 9.17) is 14.0 Å². The molecule has 0 saturated heterocycles. The number of benzene rings is 1. The van der Waals surface area contributed by atoms with E-state index >= 15 is 0 Å². The van der Waals surface area contributed by atoms with Gasteiger partial charge in [-0.1, -0.05) is 25.1 Å². The Morgan fingerprint density at radius 1 is 1.07 bits per heavy atom. The second-order valence-electron chi connectivity index (χ2n) is 6.77. The van der Waals surface area contributed by atoms with Gasteiger partial charge in [-0.3, -0.25) is 4.99 Å². The van der Waals surface area contributed by atoms with Crippen molar-refractivity contribution in [2.24, 2.45) is 4.99 Å². The Morgan fingerprint density at radius 2 is 1.76 bits per heavy atom. The number of aliphatic imine (C=N–C) groups is 1. The molecular weight excluding hydrogens is 370 g/mol. The van der Waals surface area contributed by atoms with Crippen molar-refractivity contribution in [3.63, 3.8) is 0 Å². The van der Waals surface area contributed by atoms with Crippen molar-refractivity contribution in [2.45, 2.75) is 46.5 Å². The minimum Gasteiger partial charge on any atom is -0.490 e. The van der Waals surface area contributed by atoms with E-state index < -0.39 is 0 Å². The molecule has 2 aromatic rings. The van der Waals surface area contributed by atoms with Crippen molar-refractivity contribution in [1.29, 1.82) is 0 Å². The largest absolute Gasteiger partial charge is 0.490 e. The summed E-state index contributed by atoms with van der Waals surface area (Å²) in [6.07, 6.45) is 1.49. The van der Waals surface area contributed by atoms with Crippen LogP contribution in [0.25, 0.3) is 0 Å². The molecule has 0 unspecified atom stereocenters. The van der Waals surface area contributed by atoms with Gasteiger partial charge in [-0.15, -0.1) is 0 Å². The number of hydrogen-bond acceptors (Lipinski definition) is 6. The summed E-state index contributed by atoms with van der Waals surface area (Å²) in [4.78, 5) is 8.63. The van der Waals surface area contributed by atoms with Crippen molar-refractivity contribution >= 4 is 5.96 Å². The van der Waals surface area contributed by atoms with E-state index in [0.717, 1.165) is 36.2 Å². The first kappa shape index (κ1) is 22.5. The fraction of sp³-hybridized carbons (Fsp3) is 0.571. The monoisotopic (exact) mass is 403 g/mol. The predicted octanol–water partition coefficient (Wildman–Crippen LogP) is 2.94. The SMILES string of the molecule is CCOc1ccc(CCNC(=NC)NCCc2nc(C(C)C)no2)cc1OCC. The molecule has 0 bridgehead atoms. The van der Waals surface area contributed by atoms with Crippen molar-refractivity contribution in [1.82, 2.24) is 20.8 Å². The van der Waals surface area contributed by atoms with Gasteiger partial charge in [0.2, 0.25) is 5.89 Å². The Bertz CT molecular complexity index is 773. The number of ether oxygens (including phenoxy) is 2. The Kier molecular flexibility index (Phi) is 9.27. The van der Waals surface area contributed by atoms with Gasteiger partial charge in [0.1, 0.15) is 0 Å². The van der Waals surface area contributed by atoms with Gasteiger partial charge in [0.05, 0.1) is 13.2 Å². The normalized spacial score (nSPS) is 11.6. The summed E-state index contributed by atoms with van der Waals surface area (Å²) >= 11 is 0. The maximum atomic E-state index is 5.69. The minimum atomic E-state index is 0.265. The summed E-state index contributed by atoms with van der Waals surface area (Å²) in [5, 5.41) is 10.6. The highest BCUT2D eigenvalue weighted by molar-refractivity contribution is 5.79. The average molecular weight is 404 g/mol. The third-order valence-electron chi connectivity index (χ3n) is 4.17. The van der Waals surface area contributed by atoms with Crippen LogP contribution in [-0.2, 0) is 12.8 Å². The van der Waals surface area contributed by atoms with Gasteiger partial charge in [-0.05, 0) is 38.0 Å². The summed E-state index contributed by atoms with van der Waals surface area (Å²) in [7, 11) is 1.75. The van der Waals surface area contributed by atoms with Crippen molar-refractivity contribution in [3.05, 3.63) is 35.5 Å². The predicted molar refractivity (Wildman–Crippen MR) is 114 cm³/mol. The van der Waals surface area contributed by atoms with Crippen LogP contribution in [0, 0.1) is 0 Å². The molecule has 1 aromatic heterocycles. The number of hydrogen-bond donors (Lipinski definition) is 2. The molecule has 160 valence electrons. The van der Waals surface area contributed by atoms with Gasteiger partial charge in [-0.25, -0.2) is 0 Å². The molecule has 2 rings (SSSR count). The van der Waals surface area contributed by atoms with E-state index in [-0.39, 0.29) is 5.92 Å². The maximum Gasteiger partial charge on any atom is 0.228 e. The van der Waals surface area contributed by atoms with Gasteiger partial charge in [0.15, 0.2) is 23.3 Å². The van der Waals surface area contributed by atoms with Crippen LogP contribution in [0.15, 0.2) is 27.7 Å². The second-order valence-corrected chi connectivity index (χ2v) is 6.77. The Morgan fingerprint density at radius 3 is 2.38 bits per heavy atom. The number of nitrogens with zero attached hydrogens (tertiary/aromatic N) is 3. The highest BCUT2D eigenvalue weighted by atomic mass is 16.5. The van der Waals surface area contributed by atoms with Crippen molar-refractivity contribution < 1.29 is 14.0 Å². The van der Waals surface area contributed by atoms with E-state index in [9.17, 15) is 0 Å². The highest BCUT2D eigenvalue weighted by Gasteiger charge is 2.10. The van der Waals surface area contributed by atoms with Crippen LogP contribution in [0.1, 0.15) is 50.9 Å². The zero-order valence-corrected chi connectivity index (χ0v) is 18.1. The fourth-order valence-corrected chi connectivity index (χ4v) is 2.69. The number of aromatic nitrogens is 2. The van der Waals surface area contributed by atoms with Gasteiger partial charge >= 0.3 is 0 Å². The topological polar surface area (TPSA) is 93.8 Å². The van der Waals surface area contributed by atoms with E-state index in [0.29, 0.717) is 32.1 Å². The third kappa shape index (κ3) is 7.29. The lowest BCUT2D eigenvalue weighted by Gasteiger charge is -2.14. The average Bonchev–Trinajstić information content (AvgIpc) is 3.18. The zero-order valence-electron chi connectivity index (χ0n) is 18.1. The molecule has 1 heterocycles. The van der Waals surface area contributed by atoms with Crippen LogP contribution in [0.5, 0.6) is 11.5 Å². The molecule has 0 aliphatic rings. The Labute approximate surface area is 173 Å². The molecule has 29 heavy (non-hydrogen) atoms. The summed E-state index contributed by atoms with van der Waals surface area (Å²) in [5.41, 5.74) is 1.17. The molecular formula is C21H33N5O3. The molecule has 0 saturated carbocycles. The molecule has 0 aliphatic carbocycles. The summed E-state index contributed by atoms with van der Waals surface area (Å²) in [5.74, 6) is 3.95. The van der Waals surface area contributed by atoms with Gasteiger partial charge in [0, 0.05) is 32.5 Å². The Hall–Kier alpha value is -2.77. The molecule has 8 heteroatoms. The number of nitrogens with one attached hydrogen (secondary N) is 2. The van der Waals surface area contributed by atoms with Gasteiger partial charge < -0.3 is 24.6 Å². The van der Waals surface area contributed by atoms with Gasteiger partial charge in [-0.2, -0.15) is 4.98 Å². The summed E-state index contributed by atoms with van der Waals surface area (Å²) in [6.45, 7) is 10.7. The van der Waals surface area contributed by atoms with E-state index in [1.165, 1.54) is 5.56 Å². The van der Waals surface area contributed by atoms with E-state index in [1.807, 2.05) is 39.8 Å². The molecule has 0 radical (unpaired) electrons. The molecule has 1 aromatic carbocycles. The lowest BCUT2D eigenvalue weighted by atomic mass is 10.1. The van der Waals surface area contributed by atoms with Crippen LogP contribution in [0.4, 0.5) is 0 Å². The summed E-state index contributed by atoms with van der Waals surface area (Å²) < 4.78 is 16.6. The first-order valence-corrected chi connectivity index (χ1v) is 10.2. The molecule has 0 spiro atoms. The smallest absolute Gasteiger partial charge is 0.228 e. The van der Waals surface area contributed by atoms with Gasteiger partial charge in [0.25, 0.3) is 0 Å². The molecule has 0 amide bonds. The molecule has 0 aliphatic heterocycles. The number of guanidine groups is 1. The molecule has 2 N–H and O–H groups in total. The highest BCUT2D eigenvalue weighted by Crippen LogP contribution is 2.28. The second kappa shape index (κ2) is 11.9. The van der Waals surface area contributed by atoms with Crippen molar-refractivity contribution in [2.75, 3.05) is 33.4 Å². The fourth-order valence-electron chi connectivity index (χ4n) is 2.69. The first-order valence-electron chi connectivity index (χ1n) is 10.2. The van der Waals surface area contributed by atoms with E-state index in [1.54, 1.807) is 7.05 Å². The van der Waals surface area contributed by atoms with Crippen LogP contribution < -0.4 is 20.1 Å². The third-order valence-corrected chi connectivity index (χ3v) is 4.17. The Balaban J connectivity index is 1.78. The molecule has 0 atom stereocenters. The van der Waals surface area contributed by atoms with E-state index in [2.05, 4.69) is 31.8 Å². The summed E-state index contributed by atoms with van der Waals surface area (Å²) in [6, 6.07) is 6.06. The molecule has 8 nitrogen and oxygen atoms in total. The molecule has 0 fully saturated rings. The van der Waals surface area contributed by atoms with Crippen molar-refractivity contribution in [3.8, 4) is 11.5 Å². The lowest BCUT2D eigenvalue weighted by Crippen LogP contribution is -2.39.